The number of alkyl halides is 3. The molecule has 0 radical (unpaired) electrons. The minimum absolute atomic E-state index is 0.115. The number of hydrogen-bond donors (Lipinski definition) is 1. The molecule has 4 nitrogen and oxygen atoms in total. The van der Waals surface area contributed by atoms with Crippen molar-refractivity contribution < 1.29 is 22.8 Å². The number of nitrogens with one attached hydrogen (secondary N) is 1. The first kappa shape index (κ1) is 18.0. The van der Waals surface area contributed by atoms with Gasteiger partial charge in [0, 0.05) is 11.6 Å². The summed E-state index contributed by atoms with van der Waals surface area (Å²) in [5, 5.41) is 11.5. The van der Waals surface area contributed by atoms with Gasteiger partial charge in [-0.3, -0.25) is 9.59 Å². The number of carbonyl (C=O) groups is 2. The summed E-state index contributed by atoms with van der Waals surface area (Å²) >= 11 is 0. The molecule has 7 heteroatoms. The van der Waals surface area contributed by atoms with Crippen LogP contribution in [0.5, 0.6) is 0 Å². The van der Waals surface area contributed by atoms with Crippen molar-refractivity contribution in [1.82, 2.24) is 0 Å². The van der Waals surface area contributed by atoms with Crippen molar-refractivity contribution in [3.63, 3.8) is 0 Å². The van der Waals surface area contributed by atoms with Crippen molar-refractivity contribution >= 4 is 17.4 Å². The molecule has 0 aliphatic heterocycles. The molecule has 0 saturated heterocycles. The van der Waals surface area contributed by atoms with Gasteiger partial charge in [-0.2, -0.15) is 18.4 Å². The quantitative estimate of drug-likeness (QED) is 0.846. The first-order valence-electron chi connectivity index (χ1n) is 7.74. The van der Waals surface area contributed by atoms with E-state index >= 15 is 0 Å². The number of nitrogens with zero attached hydrogens (tertiary/aromatic N) is 1. The van der Waals surface area contributed by atoms with Gasteiger partial charge in [0.1, 0.15) is 0 Å². The average Bonchev–Trinajstić information content (AvgIpc) is 2.56. The molecule has 0 spiro atoms. The van der Waals surface area contributed by atoms with Crippen LogP contribution in [-0.4, -0.2) is 11.7 Å². The van der Waals surface area contributed by atoms with Gasteiger partial charge in [-0.1, -0.05) is 19.3 Å². The Labute approximate surface area is 137 Å². The molecular weight excluding hydrogens is 321 g/mol. The Bertz CT molecular complexity index is 641. The fraction of sp³-hybridized carbons (Fsp3) is 0.471. The van der Waals surface area contributed by atoms with E-state index in [0.717, 1.165) is 43.5 Å². The number of nitriles is 1. The fourth-order valence-electron chi connectivity index (χ4n) is 2.83. The summed E-state index contributed by atoms with van der Waals surface area (Å²) in [6.45, 7) is 0. The summed E-state index contributed by atoms with van der Waals surface area (Å²) in [7, 11) is 0. The smallest absolute Gasteiger partial charge is 0.325 e. The Kier molecular flexibility index (Phi) is 5.60. The van der Waals surface area contributed by atoms with Gasteiger partial charge in [0.2, 0.25) is 5.91 Å². The van der Waals surface area contributed by atoms with Crippen molar-refractivity contribution in [2.45, 2.75) is 38.3 Å². The lowest BCUT2D eigenvalue weighted by molar-refractivity contribution is -0.137. The van der Waals surface area contributed by atoms with Crippen LogP contribution in [0.15, 0.2) is 24.3 Å². The van der Waals surface area contributed by atoms with E-state index in [1.54, 1.807) is 6.07 Å². The topological polar surface area (TPSA) is 70.0 Å². The third-order valence-corrected chi connectivity index (χ3v) is 4.16. The maximum Gasteiger partial charge on any atom is 0.416 e. The van der Waals surface area contributed by atoms with Crippen LogP contribution < -0.4 is 5.32 Å². The highest BCUT2D eigenvalue weighted by molar-refractivity contribution is 6.10. The van der Waals surface area contributed by atoms with Gasteiger partial charge in [-0.25, -0.2) is 0 Å². The van der Waals surface area contributed by atoms with Crippen LogP contribution >= 0.6 is 0 Å². The predicted molar refractivity (Wildman–Crippen MR) is 80.8 cm³/mol. The summed E-state index contributed by atoms with van der Waals surface area (Å²) < 4.78 is 37.5. The molecule has 0 bridgehead atoms. The fourth-order valence-corrected chi connectivity index (χ4v) is 2.83. The third kappa shape index (κ3) is 4.34. The average molecular weight is 338 g/mol. The molecule has 0 aromatic heterocycles. The monoisotopic (exact) mass is 338 g/mol. The van der Waals surface area contributed by atoms with E-state index in [-0.39, 0.29) is 11.6 Å². The molecule has 1 amide bonds. The Morgan fingerprint density at radius 2 is 1.71 bits per heavy atom. The van der Waals surface area contributed by atoms with Crippen LogP contribution in [0.1, 0.15) is 37.7 Å². The molecule has 1 aliphatic rings. The zero-order valence-electron chi connectivity index (χ0n) is 12.9. The van der Waals surface area contributed by atoms with Crippen molar-refractivity contribution in [2.24, 2.45) is 11.8 Å². The zero-order chi connectivity index (χ0) is 17.7. The van der Waals surface area contributed by atoms with Crippen molar-refractivity contribution in [1.29, 1.82) is 5.26 Å². The third-order valence-electron chi connectivity index (χ3n) is 4.16. The number of halogens is 3. The van der Waals surface area contributed by atoms with Gasteiger partial charge in [0.25, 0.3) is 0 Å². The molecule has 2 rings (SSSR count). The van der Waals surface area contributed by atoms with Gasteiger partial charge in [-0.15, -0.1) is 0 Å². The second-order valence-corrected chi connectivity index (χ2v) is 5.86. The van der Waals surface area contributed by atoms with Gasteiger partial charge >= 0.3 is 6.18 Å². The van der Waals surface area contributed by atoms with E-state index in [2.05, 4.69) is 5.32 Å². The number of carbonyl (C=O) groups excluding carboxylic acids is 2. The minimum Gasteiger partial charge on any atom is -0.325 e. The van der Waals surface area contributed by atoms with E-state index in [0.29, 0.717) is 12.8 Å². The SMILES string of the molecule is N#CC(C(=O)Nc1ccc(C(F)(F)F)cc1)C(=O)C1CCCCC1. The number of rotatable bonds is 4. The first-order valence-corrected chi connectivity index (χ1v) is 7.74. The molecule has 24 heavy (non-hydrogen) atoms. The number of anilines is 1. The molecule has 1 aromatic carbocycles. The molecular formula is C17H17F3N2O2. The molecule has 1 atom stereocenters. The summed E-state index contributed by atoms with van der Waals surface area (Å²) in [6, 6.07) is 5.57. The highest BCUT2D eigenvalue weighted by Gasteiger charge is 2.33. The lowest BCUT2D eigenvalue weighted by atomic mass is 9.82. The van der Waals surface area contributed by atoms with Gasteiger partial charge in [-0.05, 0) is 37.1 Å². The maximum absolute atomic E-state index is 12.5. The highest BCUT2D eigenvalue weighted by Crippen LogP contribution is 2.30. The Morgan fingerprint density at radius 1 is 1.12 bits per heavy atom. The Hall–Kier alpha value is -2.36. The molecule has 128 valence electrons. The molecule has 1 aliphatic carbocycles. The molecule has 1 N–H and O–H groups in total. The highest BCUT2D eigenvalue weighted by atomic mass is 19.4. The van der Waals surface area contributed by atoms with E-state index in [4.69, 9.17) is 5.26 Å². The standard InChI is InChI=1S/C17H17F3N2O2/c18-17(19,20)12-6-8-13(9-7-12)22-16(24)14(10-21)15(23)11-4-2-1-3-5-11/h6-9,11,14H,1-5H2,(H,22,24). The zero-order valence-corrected chi connectivity index (χ0v) is 12.9. The first-order chi connectivity index (χ1) is 11.3. The second-order valence-electron chi connectivity index (χ2n) is 5.86. The largest absolute Gasteiger partial charge is 0.416 e. The van der Waals surface area contributed by atoms with E-state index < -0.39 is 29.3 Å². The minimum atomic E-state index is -4.46. The molecule has 1 unspecified atom stereocenters. The van der Waals surface area contributed by atoms with Crippen LogP contribution in [0.4, 0.5) is 18.9 Å². The Balaban J connectivity index is 2.04. The lowest BCUT2D eigenvalue weighted by Crippen LogP contribution is -2.33. The van der Waals surface area contributed by atoms with E-state index in [1.807, 2.05) is 0 Å². The summed E-state index contributed by atoms with van der Waals surface area (Å²) in [5.74, 6) is -2.92. The predicted octanol–water partition coefficient (Wildman–Crippen LogP) is 3.93. The van der Waals surface area contributed by atoms with Crippen LogP contribution in [0.2, 0.25) is 0 Å². The van der Waals surface area contributed by atoms with Crippen LogP contribution in [-0.2, 0) is 15.8 Å². The van der Waals surface area contributed by atoms with Crippen LogP contribution in [0, 0.1) is 23.2 Å². The molecule has 0 heterocycles. The normalized spacial score (nSPS) is 16.9. The number of hydrogen-bond acceptors (Lipinski definition) is 3. The summed E-state index contributed by atoms with van der Waals surface area (Å²) in [4.78, 5) is 24.4. The maximum atomic E-state index is 12.5. The van der Waals surface area contributed by atoms with Crippen molar-refractivity contribution in [2.75, 3.05) is 5.32 Å². The number of ketones is 1. The summed E-state index contributed by atoms with van der Waals surface area (Å²) in [6.07, 6.45) is -0.285. The van der Waals surface area contributed by atoms with Gasteiger partial charge in [0.05, 0.1) is 11.6 Å². The van der Waals surface area contributed by atoms with E-state index in [1.165, 1.54) is 0 Å². The van der Waals surface area contributed by atoms with Gasteiger partial charge in [0.15, 0.2) is 11.7 Å². The van der Waals surface area contributed by atoms with Crippen LogP contribution in [0.3, 0.4) is 0 Å². The van der Waals surface area contributed by atoms with Gasteiger partial charge < -0.3 is 5.32 Å². The number of amides is 1. The molecule has 1 fully saturated rings. The van der Waals surface area contributed by atoms with E-state index in [9.17, 15) is 22.8 Å². The second kappa shape index (κ2) is 7.47. The van der Waals surface area contributed by atoms with Crippen molar-refractivity contribution in [3.8, 4) is 6.07 Å². The number of benzene rings is 1. The molecule has 1 aromatic rings. The lowest BCUT2D eigenvalue weighted by Gasteiger charge is -2.22. The summed E-state index contributed by atoms with van der Waals surface area (Å²) in [5.41, 5.74) is -0.722. The van der Waals surface area contributed by atoms with Crippen molar-refractivity contribution in [3.05, 3.63) is 29.8 Å². The Morgan fingerprint density at radius 3 is 2.21 bits per heavy atom. The molecule has 1 saturated carbocycles. The number of Topliss-reactive ketones (excluding diaryl/α,β-unsaturated/α-hetero) is 1. The van der Waals surface area contributed by atoms with Crippen LogP contribution in [0.25, 0.3) is 0 Å².